The first-order chi connectivity index (χ1) is 11.6. The monoisotopic (exact) mass is 322 g/mol. The molecule has 3 rings (SSSR count). The Morgan fingerprint density at radius 1 is 1.04 bits per heavy atom. The molecule has 0 fully saturated rings. The molecule has 0 spiro atoms. The summed E-state index contributed by atoms with van der Waals surface area (Å²) in [6.45, 7) is 2.02. The summed E-state index contributed by atoms with van der Waals surface area (Å²) in [7, 11) is 0. The number of aryl methyl sites for hydroxylation is 1. The Kier molecular flexibility index (Phi) is 4.33. The number of hydrogen-bond acceptors (Lipinski definition) is 6. The molecule has 0 amide bonds. The van der Waals surface area contributed by atoms with Crippen molar-refractivity contribution in [1.29, 1.82) is 0 Å². The van der Waals surface area contributed by atoms with Crippen LogP contribution in [-0.4, -0.2) is 14.9 Å². The van der Waals surface area contributed by atoms with Gasteiger partial charge in [0.05, 0.1) is 4.92 Å². The lowest BCUT2D eigenvalue weighted by molar-refractivity contribution is -0.384. The van der Waals surface area contributed by atoms with Gasteiger partial charge < -0.3 is 10.1 Å². The molecule has 0 saturated heterocycles. The molecule has 0 bridgehead atoms. The van der Waals surface area contributed by atoms with Crippen molar-refractivity contribution in [2.45, 2.75) is 6.92 Å². The van der Waals surface area contributed by atoms with Gasteiger partial charge in [0.25, 0.3) is 5.69 Å². The number of nitro benzene ring substituents is 1. The van der Waals surface area contributed by atoms with E-state index in [9.17, 15) is 10.1 Å². The number of nitrogens with zero attached hydrogens (tertiary/aromatic N) is 3. The largest absolute Gasteiger partial charge is 0.439 e. The van der Waals surface area contributed by atoms with Gasteiger partial charge in [-0.15, -0.1) is 0 Å². The molecule has 120 valence electrons. The predicted octanol–water partition coefficient (Wildman–Crippen LogP) is 4.23. The second kappa shape index (κ2) is 6.74. The third-order valence-electron chi connectivity index (χ3n) is 3.24. The molecule has 0 aliphatic heterocycles. The number of hydrogen-bond donors (Lipinski definition) is 1. The molecule has 7 heteroatoms. The highest BCUT2D eigenvalue weighted by Crippen LogP contribution is 2.24. The standard InChI is InChI=1S/C17H14N4O3/c1-12-2-4-13(5-3-12)20-16-10-17(19-11-18-16)24-15-8-6-14(7-9-15)21(22)23/h2-11H,1H3,(H,18,19,20). The summed E-state index contributed by atoms with van der Waals surface area (Å²) in [5, 5.41) is 13.8. The molecule has 0 atom stereocenters. The van der Waals surface area contributed by atoms with Crippen LogP contribution in [0, 0.1) is 17.0 Å². The Morgan fingerprint density at radius 2 is 1.75 bits per heavy atom. The van der Waals surface area contributed by atoms with E-state index in [1.54, 1.807) is 6.07 Å². The lowest BCUT2D eigenvalue weighted by Gasteiger charge is -2.08. The van der Waals surface area contributed by atoms with Crippen LogP contribution in [0.5, 0.6) is 11.6 Å². The summed E-state index contributed by atoms with van der Waals surface area (Å²) in [5.74, 6) is 1.39. The van der Waals surface area contributed by atoms with Gasteiger partial charge in [0.15, 0.2) is 0 Å². The molecular weight excluding hydrogens is 308 g/mol. The van der Waals surface area contributed by atoms with E-state index in [1.165, 1.54) is 36.2 Å². The maximum atomic E-state index is 10.6. The second-order valence-electron chi connectivity index (χ2n) is 5.09. The van der Waals surface area contributed by atoms with Crippen molar-refractivity contribution in [2.75, 3.05) is 5.32 Å². The summed E-state index contributed by atoms with van der Waals surface area (Å²) in [5.41, 5.74) is 2.08. The van der Waals surface area contributed by atoms with Crippen LogP contribution in [0.4, 0.5) is 17.2 Å². The van der Waals surface area contributed by atoms with Gasteiger partial charge in [-0.1, -0.05) is 17.7 Å². The molecule has 0 saturated carbocycles. The maximum absolute atomic E-state index is 10.6. The third-order valence-corrected chi connectivity index (χ3v) is 3.24. The summed E-state index contributed by atoms with van der Waals surface area (Å²) in [4.78, 5) is 18.4. The van der Waals surface area contributed by atoms with Gasteiger partial charge in [-0.25, -0.2) is 9.97 Å². The molecule has 0 unspecified atom stereocenters. The van der Waals surface area contributed by atoms with Crippen LogP contribution in [-0.2, 0) is 0 Å². The lowest BCUT2D eigenvalue weighted by atomic mass is 10.2. The van der Waals surface area contributed by atoms with E-state index in [4.69, 9.17) is 4.74 Å². The number of aromatic nitrogens is 2. The Hall–Kier alpha value is -3.48. The first kappa shape index (κ1) is 15.4. The molecule has 1 N–H and O–H groups in total. The molecule has 2 aromatic carbocycles. The van der Waals surface area contributed by atoms with Gasteiger partial charge in [-0.05, 0) is 31.2 Å². The van der Waals surface area contributed by atoms with Crippen molar-refractivity contribution >= 4 is 17.2 Å². The molecular formula is C17H14N4O3. The molecule has 1 heterocycles. The number of rotatable bonds is 5. The van der Waals surface area contributed by atoms with Gasteiger partial charge in [0, 0.05) is 23.9 Å². The summed E-state index contributed by atoms with van der Waals surface area (Å²) in [6.07, 6.45) is 1.39. The lowest BCUT2D eigenvalue weighted by Crippen LogP contribution is -1.96. The molecule has 0 aliphatic rings. The number of non-ortho nitro benzene ring substituents is 1. The molecule has 3 aromatic rings. The Labute approximate surface area is 138 Å². The highest BCUT2D eigenvalue weighted by Gasteiger charge is 2.06. The maximum Gasteiger partial charge on any atom is 0.269 e. The Balaban J connectivity index is 1.72. The van der Waals surface area contributed by atoms with Gasteiger partial charge >= 0.3 is 0 Å². The van der Waals surface area contributed by atoms with E-state index in [1.807, 2.05) is 31.2 Å². The topological polar surface area (TPSA) is 90.2 Å². The van der Waals surface area contributed by atoms with E-state index >= 15 is 0 Å². The zero-order chi connectivity index (χ0) is 16.9. The first-order valence-corrected chi connectivity index (χ1v) is 7.18. The average molecular weight is 322 g/mol. The normalized spacial score (nSPS) is 10.2. The molecule has 24 heavy (non-hydrogen) atoms. The van der Waals surface area contributed by atoms with Crippen LogP contribution in [0.15, 0.2) is 60.9 Å². The number of nitrogens with one attached hydrogen (secondary N) is 1. The minimum atomic E-state index is -0.460. The summed E-state index contributed by atoms with van der Waals surface area (Å²) in [6, 6.07) is 15.4. The number of nitro groups is 1. The second-order valence-corrected chi connectivity index (χ2v) is 5.09. The summed E-state index contributed by atoms with van der Waals surface area (Å²) >= 11 is 0. The zero-order valence-electron chi connectivity index (χ0n) is 12.8. The molecule has 7 nitrogen and oxygen atoms in total. The quantitative estimate of drug-likeness (QED) is 0.558. The fraction of sp³-hybridized carbons (Fsp3) is 0.0588. The SMILES string of the molecule is Cc1ccc(Nc2cc(Oc3ccc([N+](=O)[O-])cc3)ncn2)cc1. The van der Waals surface area contributed by atoms with Crippen LogP contribution in [0.1, 0.15) is 5.56 Å². The third kappa shape index (κ3) is 3.83. The first-order valence-electron chi connectivity index (χ1n) is 7.18. The van der Waals surface area contributed by atoms with E-state index < -0.39 is 4.92 Å². The van der Waals surface area contributed by atoms with E-state index in [0.29, 0.717) is 17.4 Å². The van der Waals surface area contributed by atoms with E-state index in [2.05, 4.69) is 15.3 Å². The van der Waals surface area contributed by atoms with Crippen molar-refractivity contribution in [2.24, 2.45) is 0 Å². The fourth-order valence-electron chi connectivity index (χ4n) is 2.01. The number of benzene rings is 2. The van der Waals surface area contributed by atoms with Crippen molar-refractivity contribution in [3.8, 4) is 11.6 Å². The molecule has 1 aromatic heterocycles. The van der Waals surface area contributed by atoms with Crippen LogP contribution >= 0.6 is 0 Å². The van der Waals surface area contributed by atoms with Crippen molar-refractivity contribution in [3.05, 3.63) is 76.6 Å². The van der Waals surface area contributed by atoms with Crippen LogP contribution in [0.3, 0.4) is 0 Å². The van der Waals surface area contributed by atoms with Gasteiger partial charge in [-0.2, -0.15) is 0 Å². The minimum Gasteiger partial charge on any atom is -0.439 e. The van der Waals surface area contributed by atoms with Crippen LogP contribution in [0.25, 0.3) is 0 Å². The Morgan fingerprint density at radius 3 is 2.42 bits per heavy atom. The Bertz CT molecular complexity index is 848. The van der Waals surface area contributed by atoms with Crippen molar-refractivity contribution in [1.82, 2.24) is 9.97 Å². The summed E-state index contributed by atoms with van der Waals surface area (Å²) < 4.78 is 5.60. The highest BCUT2D eigenvalue weighted by molar-refractivity contribution is 5.57. The zero-order valence-corrected chi connectivity index (χ0v) is 12.8. The van der Waals surface area contributed by atoms with Crippen molar-refractivity contribution < 1.29 is 9.66 Å². The average Bonchev–Trinajstić information content (AvgIpc) is 2.58. The van der Waals surface area contributed by atoms with Crippen LogP contribution < -0.4 is 10.1 Å². The van der Waals surface area contributed by atoms with Crippen molar-refractivity contribution in [3.63, 3.8) is 0 Å². The minimum absolute atomic E-state index is 0.00626. The highest BCUT2D eigenvalue weighted by atomic mass is 16.6. The van der Waals surface area contributed by atoms with Crippen LogP contribution in [0.2, 0.25) is 0 Å². The number of anilines is 2. The van der Waals surface area contributed by atoms with Gasteiger partial charge in [0.1, 0.15) is 17.9 Å². The number of ether oxygens (including phenoxy) is 1. The van der Waals surface area contributed by atoms with E-state index in [0.717, 1.165) is 5.69 Å². The molecule has 0 aliphatic carbocycles. The smallest absolute Gasteiger partial charge is 0.269 e. The van der Waals surface area contributed by atoms with Gasteiger partial charge in [-0.3, -0.25) is 10.1 Å². The van der Waals surface area contributed by atoms with Gasteiger partial charge in [0.2, 0.25) is 5.88 Å². The molecule has 0 radical (unpaired) electrons. The van der Waals surface area contributed by atoms with E-state index in [-0.39, 0.29) is 5.69 Å². The predicted molar refractivity (Wildman–Crippen MR) is 89.7 cm³/mol. The fourth-order valence-corrected chi connectivity index (χ4v) is 2.01.